The highest BCUT2D eigenvalue weighted by atomic mass is 19.1. The fourth-order valence-corrected chi connectivity index (χ4v) is 2.66. The van der Waals surface area contributed by atoms with Gasteiger partial charge in [0.05, 0.1) is 23.1 Å². The third-order valence-corrected chi connectivity index (χ3v) is 3.77. The van der Waals surface area contributed by atoms with Crippen molar-refractivity contribution in [3.8, 4) is 11.3 Å². The second kappa shape index (κ2) is 5.45. The van der Waals surface area contributed by atoms with E-state index >= 15 is 0 Å². The molecule has 0 unspecified atom stereocenters. The van der Waals surface area contributed by atoms with Gasteiger partial charge in [0.15, 0.2) is 5.65 Å². The van der Waals surface area contributed by atoms with Crippen LogP contribution >= 0.6 is 0 Å². The van der Waals surface area contributed by atoms with Crippen LogP contribution < -0.4 is 5.32 Å². The maximum atomic E-state index is 13.1. The Morgan fingerprint density at radius 2 is 1.92 bits per heavy atom. The summed E-state index contributed by atoms with van der Waals surface area (Å²) in [6, 6.07) is 9.83. The first-order valence-electron chi connectivity index (χ1n) is 7.42. The summed E-state index contributed by atoms with van der Waals surface area (Å²) in [7, 11) is 0. The van der Waals surface area contributed by atoms with Crippen LogP contribution in [-0.4, -0.2) is 19.8 Å². The van der Waals surface area contributed by atoms with E-state index in [9.17, 15) is 4.39 Å². The van der Waals surface area contributed by atoms with Gasteiger partial charge in [0.2, 0.25) is 0 Å². The van der Waals surface area contributed by atoms with Crippen molar-refractivity contribution in [2.24, 2.45) is 0 Å². The van der Waals surface area contributed by atoms with E-state index in [4.69, 9.17) is 4.52 Å². The van der Waals surface area contributed by atoms with E-state index in [0.29, 0.717) is 17.2 Å². The summed E-state index contributed by atoms with van der Waals surface area (Å²) in [4.78, 5) is 4.62. The van der Waals surface area contributed by atoms with Gasteiger partial charge in [0, 0.05) is 17.8 Å². The molecule has 0 atom stereocenters. The normalized spacial score (nSPS) is 11.1. The molecule has 7 heteroatoms. The molecule has 0 spiro atoms. The number of fused-ring (bicyclic) bond motifs is 1. The molecular formula is C17H14FN5O. The minimum Gasteiger partial charge on any atom is -0.361 e. The largest absolute Gasteiger partial charge is 0.361 e. The fourth-order valence-electron chi connectivity index (χ4n) is 2.66. The van der Waals surface area contributed by atoms with Crippen molar-refractivity contribution in [3.05, 3.63) is 59.9 Å². The van der Waals surface area contributed by atoms with Crippen LogP contribution in [0.25, 0.3) is 16.9 Å². The van der Waals surface area contributed by atoms with Crippen molar-refractivity contribution < 1.29 is 8.91 Å². The van der Waals surface area contributed by atoms with Gasteiger partial charge in [0.1, 0.15) is 17.4 Å². The lowest BCUT2D eigenvalue weighted by molar-refractivity contribution is 0.393. The Kier molecular flexibility index (Phi) is 3.26. The molecule has 0 aliphatic heterocycles. The van der Waals surface area contributed by atoms with Crippen LogP contribution in [0, 0.1) is 19.7 Å². The molecule has 0 aliphatic carbocycles. The summed E-state index contributed by atoms with van der Waals surface area (Å²) in [5.74, 6) is 1.14. The van der Waals surface area contributed by atoms with E-state index in [1.807, 2.05) is 26.0 Å². The number of rotatable bonds is 3. The monoisotopic (exact) mass is 323 g/mol. The summed E-state index contributed by atoms with van der Waals surface area (Å²) in [5, 5.41) is 11.5. The topological polar surface area (TPSA) is 68.2 Å². The van der Waals surface area contributed by atoms with Gasteiger partial charge in [0.25, 0.3) is 0 Å². The Labute approximate surface area is 136 Å². The molecule has 120 valence electrons. The van der Waals surface area contributed by atoms with Crippen LogP contribution in [0.1, 0.15) is 11.5 Å². The van der Waals surface area contributed by atoms with Crippen molar-refractivity contribution >= 4 is 17.2 Å². The quantitative estimate of drug-likeness (QED) is 0.619. The zero-order valence-corrected chi connectivity index (χ0v) is 13.1. The zero-order valence-electron chi connectivity index (χ0n) is 13.1. The third-order valence-electron chi connectivity index (χ3n) is 3.77. The maximum Gasteiger partial charge on any atom is 0.157 e. The lowest BCUT2D eigenvalue weighted by atomic mass is 10.1. The fraction of sp³-hybridized carbons (Fsp3) is 0.118. The SMILES string of the molecule is Cc1noc(C)c1-c1cc(Nc2ccc(F)cc2)n2nccc2n1. The van der Waals surface area contributed by atoms with Crippen molar-refractivity contribution in [2.75, 3.05) is 5.32 Å². The lowest BCUT2D eigenvalue weighted by Crippen LogP contribution is -2.02. The molecule has 0 aliphatic rings. The zero-order chi connectivity index (χ0) is 16.7. The van der Waals surface area contributed by atoms with Crippen LogP contribution in [0.4, 0.5) is 15.9 Å². The van der Waals surface area contributed by atoms with Crippen molar-refractivity contribution in [1.82, 2.24) is 19.8 Å². The average molecular weight is 323 g/mol. The lowest BCUT2D eigenvalue weighted by Gasteiger charge is -2.10. The van der Waals surface area contributed by atoms with Crippen LogP contribution in [0.15, 0.2) is 47.1 Å². The van der Waals surface area contributed by atoms with Crippen molar-refractivity contribution in [2.45, 2.75) is 13.8 Å². The second-order valence-corrected chi connectivity index (χ2v) is 5.46. The molecule has 0 saturated carbocycles. The van der Waals surface area contributed by atoms with Gasteiger partial charge in [-0.15, -0.1) is 0 Å². The number of aromatic nitrogens is 4. The van der Waals surface area contributed by atoms with Crippen LogP contribution in [0.2, 0.25) is 0 Å². The summed E-state index contributed by atoms with van der Waals surface area (Å²) < 4.78 is 20.0. The highest BCUT2D eigenvalue weighted by Gasteiger charge is 2.16. The van der Waals surface area contributed by atoms with Crippen LogP contribution in [0.3, 0.4) is 0 Å². The summed E-state index contributed by atoms with van der Waals surface area (Å²) >= 11 is 0. The first-order valence-corrected chi connectivity index (χ1v) is 7.42. The average Bonchev–Trinajstić information content (AvgIpc) is 3.16. The Hall–Kier alpha value is -3.22. The number of benzene rings is 1. The number of hydrogen-bond acceptors (Lipinski definition) is 5. The van der Waals surface area contributed by atoms with E-state index in [-0.39, 0.29) is 5.82 Å². The first kappa shape index (κ1) is 14.4. The number of halogens is 1. The second-order valence-electron chi connectivity index (χ2n) is 5.46. The summed E-state index contributed by atoms with van der Waals surface area (Å²) in [6.07, 6.45) is 1.68. The standard InChI is InChI=1S/C17H14FN5O/c1-10-17(11(2)24-22-10)14-9-16(23-15(21-14)7-8-19-23)20-13-5-3-12(18)4-6-13/h3-9,20H,1-2H3. The van der Waals surface area contributed by atoms with Gasteiger partial charge in [-0.2, -0.15) is 9.61 Å². The number of nitrogens with zero attached hydrogens (tertiary/aromatic N) is 4. The molecule has 0 saturated heterocycles. The van der Waals surface area contributed by atoms with E-state index in [0.717, 1.165) is 22.6 Å². The molecule has 0 radical (unpaired) electrons. The van der Waals surface area contributed by atoms with E-state index < -0.39 is 0 Å². The molecule has 0 fully saturated rings. The molecule has 0 bridgehead atoms. The predicted molar refractivity (Wildman–Crippen MR) is 87.6 cm³/mol. The maximum absolute atomic E-state index is 13.1. The van der Waals surface area contributed by atoms with Crippen LogP contribution in [-0.2, 0) is 0 Å². The number of anilines is 2. The van der Waals surface area contributed by atoms with E-state index in [2.05, 4.69) is 20.6 Å². The van der Waals surface area contributed by atoms with Crippen molar-refractivity contribution in [1.29, 1.82) is 0 Å². The number of nitrogens with one attached hydrogen (secondary N) is 1. The molecule has 24 heavy (non-hydrogen) atoms. The van der Waals surface area contributed by atoms with Crippen LogP contribution in [0.5, 0.6) is 0 Å². The van der Waals surface area contributed by atoms with Gasteiger partial charge >= 0.3 is 0 Å². The number of aryl methyl sites for hydroxylation is 2. The highest BCUT2D eigenvalue weighted by molar-refractivity contribution is 5.71. The Morgan fingerprint density at radius 3 is 2.62 bits per heavy atom. The van der Waals surface area contributed by atoms with Gasteiger partial charge in [-0.3, -0.25) is 0 Å². The first-order chi connectivity index (χ1) is 11.6. The molecule has 3 heterocycles. The highest BCUT2D eigenvalue weighted by Crippen LogP contribution is 2.29. The molecule has 1 aromatic carbocycles. The molecule has 1 N–H and O–H groups in total. The predicted octanol–water partition coefficient (Wildman–Crippen LogP) is 3.88. The van der Waals surface area contributed by atoms with E-state index in [1.54, 1.807) is 22.8 Å². The molecule has 4 aromatic rings. The summed E-state index contributed by atoms with van der Waals surface area (Å²) in [6.45, 7) is 3.73. The number of hydrogen-bond donors (Lipinski definition) is 1. The minimum absolute atomic E-state index is 0.282. The minimum atomic E-state index is -0.282. The van der Waals surface area contributed by atoms with Gasteiger partial charge in [-0.05, 0) is 38.1 Å². The molecular weight excluding hydrogens is 309 g/mol. The van der Waals surface area contributed by atoms with Gasteiger partial charge < -0.3 is 9.84 Å². The Bertz CT molecular complexity index is 1000. The molecule has 4 rings (SSSR count). The molecule has 3 aromatic heterocycles. The smallest absolute Gasteiger partial charge is 0.157 e. The Balaban J connectivity index is 1.85. The third kappa shape index (κ3) is 2.40. The van der Waals surface area contributed by atoms with Gasteiger partial charge in [-0.1, -0.05) is 5.16 Å². The van der Waals surface area contributed by atoms with Gasteiger partial charge in [-0.25, -0.2) is 9.37 Å². The summed E-state index contributed by atoms with van der Waals surface area (Å²) in [5.41, 5.74) is 3.82. The molecule has 0 amide bonds. The van der Waals surface area contributed by atoms with E-state index in [1.165, 1.54) is 12.1 Å². The van der Waals surface area contributed by atoms with Crippen molar-refractivity contribution in [3.63, 3.8) is 0 Å². The molecule has 6 nitrogen and oxygen atoms in total. The Morgan fingerprint density at radius 1 is 1.12 bits per heavy atom.